The minimum absolute atomic E-state index is 0.147. The second-order valence-electron chi connectivity index (χ2n) is 7.13. The molecule has 0 bridgehead atoms. The Balaban J connectivity index is 1.45. The number of fused-ring (bicyclic) bond motifs is 1. The average molecular weight is 436 g/mol. The van der Waals surface area contributed by atoms with Gasteiger partial charge in [-0.05, 0) is 66.7 Å². The van der Waals surface area contributed by atoms with Crippen molar-refractivity contribution in [3.8, 4) is 11.1 Å². The van der Waals surface area contributed by atoms with Crippen molar-refractivity contribution < 1.29 is 9.59 Å². The molecule has 3 aromatic rings. The van der Waals surface area contributed by atoms with Crippen molar-refractivity contribution in [1.82, 2.24) is 5.32 Å². The summed E-state index contributed by atoms with van der Waals surface area (Å²) in [6.07, 6.45) is 3.93. The number of carbonyl (C=O) groups excluding carboxylic acids is 2. The molecule has 30 heavy (non-hydrogen) atoms. The van der Waals surface area contributed by atoms with Crippen LogP contribution in [0.2, 0.25) is 0 Å². The fourth-order valence-corrected chi connectivity index (χ4v) is 5.23. The van der Waals surface area contributed by atoms with Gasteiger partial charge in [-0.15, -0.1) is 11.3 Å². The number of nitrogens with one attached hydrogen (secondary N) is 2. The minimum Gasteiger partial charge on any atom is -0.365 e. The van der Waals surface area contributed by atoms with Gasteiger partial charge < -0.3 is 11.1 Å². The summed E-state index contributed by atoms with van der Waals surface area (Å²) in [5.74, 6) is -0.781. The molecule has 0 spiro atoms. The summed E-state index contributed by atoms with van der Waals surface area (Å²) in [6.45, 7) is 0. The van der Waals surface area contributed by atoms with Crippen LogP contribution < -0.4 is 16.4 Å². The number of amides is 2. The topological polar surface area (TPSA) is 84.2 Å². The summed E-state index contributed by atoms with van der Waals surface area (Å²) in [6, 6.07) is 17.3. The summed E-state index contributed by atoms with van der Waals surface area (Å²) in [4.78, 5) is 25.7. The molecule has 4 rings (SSSR count). The first-order valence-corrected chi connectivity index (χ1v) is 11.0. The molecule has 7 heteroatoms. The molecule has 1 aliphatic carbocycles. The van der Waals surface area contributed by atoms with Crippen LogP contribution in [0.15, 0.2) is 54.6 Å². The Morgan fingerprint density at radius 3 is 2.30 bits per heavy atom. The first kappa shape index (κ1) is 20.3. The summed E-state index contributed by atoms with van der Waals surface area (Å²) >= 11 is 6.80. The molecule has 0 radical (unpaired) electrons. The molecule has 0 unspecified atom stereocenters. The number of hydrogen-bond donors (Lipinski definition) is 3. The molecule has 152 valence electrons. The number of thiocarbonyl (C=S) groups is 1. The number of hydrogen-bond acceptors (Lipinski definition) is 4. The van der Waals surface area contributed by atoms with Crippen LogP contribution in [-0.4, -0.2) is 16.9 Å². The average Bonchev–Trinajstić information content (AvgIpc) is 3.12. The van der Waals surface area contributed by atoms with E-state index < -0.39 is 5.91 Å². The van der Waals surface area contributed by atoms with Gasteiger partial charge in [-0.25, -0.2) is 0 Å². The predicted molar refractivity (Wildman–Crippen MR) is 125 cm³/mol. The Morgan fingerprint density at radius 1 is 0.933 bits per heavy atom. The molecule has 0 aliphatic heterocycles. The Kier molecular flexibility index (Phi) is 5.92. The van der Waals surface area contributed by atoms with E-state index in [0.29, 0.717) is 16.1 Å². The van der Waals surface area contributed by atoms with Crippen molar-refractivity contribution in [1.29, 1.82) is 0 Å². The number of primary amides is 1. The van der Waals surface area contributed by atoms with Gasteiger partial charge in [-0.2, -0.15) is 0 Å². The molecule has 5 nitrogen and oxygen atoms in total. The maximum Gasteiger partial charge on any atom is 0.257 e. The number of rotatable bonds is 4. The Bertz CT molecular complexity index is 1110. The van der Waals surface area contributed by atoms with E-state index >= 15 is 0 Å². The lowest BCUT2D eigenvalue weighted by Gasteiger charge is -2.12. The zero-order valence-corrected chi connectivity index (χ0v) is 17.9. The van der Waals surface area contributed by atoms with Crippen molar-refractivity contribution in [2.45, 2.75) is 25.7 Å². The Hall–Kier alpha value is -3.03. The quantitative estimate of drug-likeness (QED) is 0.526. The zero-order valence-electron chi connectivity index (χ0n) is 16.2. The molecular formula is C23H21N3O2S2. The van der Waals surface area contributed by atoms with E-state index in [2.05, 4.69) is 10.6 Å². The number of anilines is 1. The van der Waals surface area contributed by atoms with Gasteiger partial charge in [0.15, 0.2) is 5.11 Å². The van der Waals surface area contributed by atoms with Gasteiger partial charge in [0.2, 0.25) is 0 Å². The van der Waals surface area contributed by atoms with Gasteiger partial charge in [-0.1, -0.05) is 42.5 Å². The van der Waals surface area contributed by atoms with Gasteiger partial charge in [0.05, 0.1) is 5.56 Å². The molecular weight excluding hydrogens is 414 g/mol. The number of benzene rings is 2. The standard InChI is InChI=1S/C23H21N3O2S2/c24-20(27)19-17-8-4-5-9-18(17)30-22(19)26-23(29)25-21(28)16-12-10-15(11-13-16)14-6-2-1-3-7-14/h1-3,6-7,10-13H,4-5,8-9H2,(H2,24,27)(H2,25,26,28,29). The third-order valence-electron chi connectivity index (χ3n) is 5.13. The van der Waals surface area contributed by atoms with Crippen LogP contribution in [0.5, 0.6) is 0 Å². The molecule has 1 aliphatic rings. The highest BCUT2D eigenvalue weighted by Gasteiger charge is 2.24. The van der Waals surface area contributed by atoms with Crippen LogP contribution in [0.25, 0.3) is 11.1 Å². The SMILES string of the molecule is NC(=O)c1c(NC(=S)NC(=O)c2ccc(-c3ccccc3)cc2)sc2c1CCCC2. The highest BCUT2D eigenvalue weighted by atomic mass is 32.1. The molecule has 2 amide bonds. The maximum absolute atomic E-state index is 12.6. The van der Waals surface area contributed by atoms with Gasteiger partial charge in [0.1, 0.15) is 5.00 Å². The lowest BCUT2D eigenvalue weighted by Crippen LogP contribution is -2.34. The second kappa shape index (κ2) is 8.77. The Morgan fingerprint density at radius 2 is 1.60 bits per heavy atom. The Labute approximate surface area is 184 Å². The van der Waals surface area contributed by atoms with E-state index in [1.807, 2.05) is 42.5 Å². The van der Waals surface area contributed by atoms with Crippen molar-refractivity contribution >= 4 is 45.5 Å². The first-order valence-electron chi connectivity index (χ1n) is 9.75. The molecule has 0 saturated carbocycles. The van der Waals surface area contributed by atoms with Crippen LogP contribution in [0.4, 0.5) is 5.00 Å². The fourth-order valence-electron chi connectivity index (χ4n) is 3.67. The predicted octanol–water partition coefficient (Wildman–Crippen LogP) is 4.52. The van der Waals surface area contributed by atoms with E-state index in [1.54, 1.807) is 12.1 Å². The zero-order chi connectivity index (χ0) is 21.1. The van der Waals surface area contributed by atoms with E-state index in [-0.39, 0.29) is 11.0 Å². The summed E-state index contributed by atoms with van der Waals surface area (Å²) in [7, 11) is 0. The molecule has 0 fully saturated rings. The van der Waals surface area contributed by atoms with Crippen molar-refractivity contribution in [3.63, 3.8) is 0 Å². The second-order valence-corrected chi connectivity index (χ2v) is 8.64. The number of carbonyl (C=O) groups is 2. The lowest BCUT2D eigenvalue weighted by atomic mass is 9.95. The fraction of sp³-hybridized carbons (Fsp3) is 0.174. The molecule has 1 heterocycles. The maximum atomic E-state index is 12.6. The number of thiophene rings is 1. The number of aryl methyl sites for hydroxylation is 1. The van der Waals surface area contributed by atoms with E-state index in [1.165, 1.54) is 16.2 Å². The van der Waals surface area contributed by atoms with Gasteiger partial charge in [0.25, 0.3) is 11.8 Å². The third kappa shape index (κ3) is 4.27. The van der Waals surface area contributed by atoms with Crippen LogP contribution >= 0.6 is 23.6 Å². The normalized spacial score (nSPS) is 12.7. The largest absolute Gasteiger partial charge is 0.365 e. The molecule has 0 saturated heterocycles. The highest BCUT2D eigenvalue weighted by Crippen LogP contribution is 2.37. The van der Waals surface area contributed by atoms with Crippen LogP contribution in [-0.2, 0) is 12.8 Å². The first-order chi connectivity index (χ1) is 14.5. The molecule has 2 aromatic carbocycles. The van der Waals surface area contributed by atoms with Crippen LogP contribution in [0, 0.1) is 0 Å². The van der Waals surface area contributed by atoms with Gasteiger partial charge >= 0.3 is 0 Å². The van der Waals surface area contributed by atoms with Crippen LogP contribution in [0.1, 0.15) is 44.0 Å². The molecule has 1 aromatic heterocycles. The highest BCUT2D eigenvalue weighted by molar-refractivity contribution is 7.80. The number of nitrogens with two attached hydrogens (primary N) is 1. The monoisotopic (exact) mass is 435 g/mol. The third-order valence-corrected chi connectivity index (χ3v) is 6.54. The van der Waals surface area contributed by atoms with Crippen molar-refractivity contribution in [2.75, 3.05) is 5.32 Å². The molecule has 0 atom stereocenters. The van der Waals surface area contributed by atoms with Gasteiger partial charge in [0, 0.05) is 10.4 Å². The summed E-state index contributed by atoms with van der Waals surface area (Å²) < 4.78 is 0. The lowest BCUT2D eigenvalue weighted by molar-refractivity contribution is 0.0975. The van der Waals surface area contributed by atoms with E-state index in [0.717, 1.165) is 42.4 Å². The molecule has 4 N–H and O–H groups in total. The summed E-state index contributed by atoms with van der Waals surface area (Å²) in [5.41, 5.74) is 9.74. The summed E-state index contributed by atoms with van der Waals surface area (Å²) in [5, 5.41) is 6.45. The van der Waals surface area contributed by atoms with Gasteiger partial charge in [-0.3, -0.25) is 14.9 Å². The van der Waals surface area contributed by atoms with E-state index in [4.69, 9.17) is 18.0 Å². The van der Waals surface area contributed by atoms with Crippen molar-refractivity contribution in [3.05, 3.63) is 76.2 Å². The van der Waals surface area contributed by atoms with E-state index in [9.17, 15) is 9.59 Å². The van der Waals surface area contributed by atoms with Crippen LogP contribution in [0.3, 0.4) is 0 Å². The smallest absolute Gasteiger partial charge is 0.257 e. The van der Waals surface area contributed by atoms with Crippen molar-refractivity contribution in [2.24, 2.45) is 5.73 Å². The minimum atomic E-state index is -0.470.